The van der Waals surface area contributed by atoms with Crippen LogP contribution < -0.4 is 10.6 Å². The first-order valence-electron chi connectivity index (χ1n) is 9.00. The third-order valence-corrected chi connectivity index (χ3v) is 4.78. The molecule has 0 aliphatic carbocycles. The van der Waals surface area contributed by atoms with Crippen molar-refractivity contribution >= 4 is 16.8 Å². The Morgan fingerprint density at radius 3 is 2.80 bits per heavy atom. The number of nitrogens with one attached hydrogen (secondary N) is 2. The summed E-state index contributed by atoms with van der Waals surface area (Å²) in [5.74, 6) is 0. The number of amides is 2. The lowest BCUT2D eigenvalue weighted by Crippen LogP contribution is -2.48. The summed E-state index contributed by atoms with van der Waals surface area (Å²) in [6, 6.07) is 13.6. The number of aliphatic hydroxyl groups excluding tert-OH is 1. The number of aliphatic hydroxyl groups is 1. The number of ether oxygens (including phenoxy) is 1. The zero-order valence-corrected chi connectivity index (χ0v) is 14.6. The van der Waals surface area contributed by atoms with E-state index in [1.54, 1.807) is 0 Å². The van der Waals surface area contributed by atoms with Gasteiger partial charge in [-0.25, -0.2) is 4.79 Å². The Bertz CT molecular complexity index is 713. The molecule has 2 amide bonds. The number of carbonyl (C=O) groups is 1. The van der Waals surface area contributed by atoms with Crippen molar-refractivity contribution in [3.63, 3.8) is 0 Å². The average Bonchev–Trinajstić information content (AvgIpc) is 3.18. The average molecular weight is 342 g/mol. The first-order chi connectivity index (χ1) is 12.2. The summed E-state index contributed by atoms with van der Waals surface area (Å²) in [5.41, 5.74) is 0.796. The van der Waals surface area contributed by atoms with E-state index in [0.29, 0.717) is 0 Å². The van der Waals surface area contributed by atoms with Gasteiger partial charge in [-0.05, 0) is 41.7 Å². The molecule has 0 aromatic heterocycles. The Morgan fingerprint density at radius 1 is 1.28 bits per heavy atom. The molecule has 0 radical (unpaired) electrons. The van der Waals surface area contributed by atoms with Gasteiger partial charge in [-0.15, -0.1) is 0 Å². The van der Waals surface area contributed by atoms with Crippen molar-refractivity contribution in [3.8, 4) is 0 Å². The molecule has 3 N–H and O–H groups in total. The van der Waals surface area contributed by atoms with Crippen molar-refractivity contribution in [3.05, 3.63) is 48.0 Å². The molecule has 1 fully saturated rings. The van der Waals surface area contributed by atoms with Gasteiger partial charge in [0.15, 0.2) is 0 Å². The van der Waals surface area contributed by atoms with E-state index in [1.807, 2.05) is 49.4 Å². The molecule has 0 bridgehead atoms. The van der Waals surface area contributed by atoms with Crippen LogP contribution in [0.2, 0.25) is 0 Å². The zero-order chi connectivity index (χ0) is 17.6. The van der Waals surface area contributed by atoms with Crippen LogP contribution in [0.4, 0.5) is 4.79 Å². The highest BCUT2D eigenvalue weighted by Crippen LogP contribution is 2.20. The molecule has 0 saturated carbocycles. The quantitative estimate of drug-likeness (QED) is 0.755. The van der Waals surface area contributed by atoms with Crippen LogP contribution in [0.1, 0.15) is 37.9 Å². The second-order valence-corrected chi connectivity index (χ2v) is 6.54. The van der Waals surface area contributed by atoms with Crippen molar-refractivity contribution in [2.45, 2.75) is 44.4 Å². The molecule has 5 nitrogen and oxygen atoms in total. The van der Waals surface area contributed by atoms with Crippen LogP contribution in [0.15, 0.2) is 42.5 Å². The molecule has 0 spiro atoms. The molecule has 1 heterocycles. The van der Waals surface area contributed by atoms with E-state index < -0.39 is 6.10 Å². The third-order valence-electron chi connectivity index (χ3n) is 4.78. The Labute approximate surface area is 148 Å². The monoisotopic (exact) mass is 342 g/mol. The maximum absolute atomic E-state index is 12.1. The van der Waals surface area contributed by atoms with Gasteiger partial charge in [0.05, 0.1) is 18.2 Å². The van der Waals surface area contributed by atoms with Gasteiger partial charge in [-0.1, -0.05) is 43.3 Å². The molecule has 3 unspecified atom stereocenters. The van der Waals surface area contributed by atoms with Crippen LogP contribution in [0.25, 0.3) is 10.8 Å². The van der Waals surface area contributed by atoms with Crippen molar-refractivity contribution in [2.24, 2.45) is 0 Å². The fourth-order valence-electron chi connectivity index (χ4n) is 3.32. The number of urea groups is 1. The number of benzene rings is 2. The molecule has 3 rings (SSSR count). The minimum Gasteiger partial charge on any atom is -0.387 e. The van der Waals surface area contributed by atoms with Gasteiger partial charge in [-0.2, -0.15) is 0 Å². The molecule has 3 atom stereocenters. The Morgan fingerprint density at radius 2 is 2.08 bits per heavy atom. The first kappa shape index (κ1) is 17.7. The zero-order valence-electron chi connectivity index (χ0n) is 14.6. The molecule has 1 aliphatic rings. The summed E-state index contributed by atoms with van der Waals surface area (Å²) < 4.78 is 5.65. The Kier molecular flexibility index (Phi) is 5.89. The second-order valence-electron chi connectivity index (χ2n) is 6.54. The van der Waals surface area contributed by atoms with E-state index >= 15 is 0 Å². The summed E-state index contributed by atoms with van der Waals surface area (Å²) in [6.45, 7) is 2.98. The normalized spacial score (nSPS) is 19.5. The number of hydrogen-bond acceptors (Lipinski definition) is 3. The lowest BCUT2D eigenvalue weighted by Gasteiger charge is -2.23. The number of hydrogen-bond donors (Lipinski definition) is 3. The third kappa shape index (κ3) is 4.50. The van der Waals surface area contributed by atoms with E-state index in [0.717, 1.165) is 42.2 Å². The van der Waals surface area contributed by atoms with Gasteiger partial charge in [-0.3, -0.25) is 0 Å². The fraction of sp³-hybridized carbons (Fsp3) is 0.450. The standard InChI is InChI=1S/C20H26N2O3/c1-2-17(19-8-5-11-25-19)22-20(24)21-13-18(23)16-10-9-14-6-3-4-7-15(14)12-16/h3-4,6-7,9-10,12,17-19,23H,2,5,8,11,13H2,1H3,(H2,21,22,24). The summed E-state index contributed by atoms with van der Waals surface area (Å²) >= 11 is 0. The van der Waals surface area contributed by atoms with Crippen molar-refractivity contribution < 1.29 is 14.6 Å². The molecule has 2 aromatic carbocycles. The second kappa shape index (κ2) is 8.32. The predicted molar refractivity (Wildman–Crippen MR) is 98.5 cm³/mol. The summed E-state index contributed by atoms with van der Waals surface area (Å²) in [5, 5.41) is 18.3. The van der Waals surface area contributed by atoms with E-state index in [1.165, 1.54) is 0 Å². The van der Waals surface area contributed by atoms with Crippen LogP contribution in [-0.2, 0) is 4.74 Å². The van der Waals surface area contributed by atoms with E-state index in [4.69, 9.17) is 4.74 Å². The largest absolute Gasteiger partial charge is 0.387 e. The fourth-order valence-corrected chi connectivity index (χ4v) is 3.32. The highest BCUT2D eigenvalue weighted by atomic mass is 16.5. The van der Waals surface area contributed by atoms with Crippen molar-refractivity contribution in [1.29, 1.82) is 0 Å². The van der Waals surface area contributed by atoms with Gasteiger partial charge in [0.25, 0.3) is 0 Å². The SMILES string of the molecule is CCC(NC(=O)NCC(O)c1ccc2ccccc2c1)C1CCCO1. The van der Waals surface area contributed by atoms with E-state index in [9.17, 15) is 9.90 Å². The molecule has 25 heavy (non-hydrogen) atoms. The van der Waals surface area contributed by atoms with Crippen LogP contribution in [0.5, 0.6) is 0 Å². The van der Waals surface area contributed by atoms with Gasteiger partial charge in [0.1, 0.15) is 0 Å². The number of fused-ring (bicyclic) bond motifs is 1. The van der Waals surface area contributed by atoms with Crippen LogP contribution in [0, 0.1) is 0 Å². The van der Waals surface area contributed by atoms with Crippen LogP contribution in [-0.4, -0.2) is 36.4 Å². The van der Waals surface area contributed by atoms with E-state index in [-0.39, 0.29) is 24.7 Å². The maximum Gasteiger partial charge on any atom is 0.315 e. The van der Waals surface area contributed by atoms with Crippen molar-refractivity contribution in [2.75, 3.05) is 13.2 Å². The molecule has 134 valence electrons. The minimum atomic E-state index is -0.738. The molecule has 1 aliphatic heterocycles. The molecule has 2 aromatic rings. The number of rotatable bonds is 6. The van der Waals surface area contributed by atoms with Crippen molar-refractivity contribution in [1.82, 2.24) is 10.6 Å². The maximum atomic E-state index is 12.1. The predicted octanol–water partition coefficient (Wildman–Crippen LogP) is 3.13. The smallest absolute Gasteiger partial charge is 0.315 e. The molecular formula is C20H26N2O3. The van der Waals surface area contributed by atoms with Gasteiger partial charge < -0.3 is 20.5 Å². The molecule has 5 heteroatoms. The summed E-state index contributed by atoms with van der Waals surface area (Å²) in [6.07, 6.45) is 2.22. The molecular weight excluding hydrogens is 316 g/mol. The highest BCUT2D eigenvalue weighted by Gasteiger charge is 2.26. The molecule has 1 saturated heterocycles. The topological polar surface area (TPSA) is 70.6 Å². The van der Waals surface area contributed by atoms with Gasteiger partial charge in [0, 0.05) is 13.2 Å². The minimum absolute atomic E-state index is 0.0142. The first-order valence-corrected chi connectivity index (χ1v) is 9.00. The Hall–Kier alpha value is -2.11. The van der Waals surface area contributed by atoms with Gasteiger partial charge in [0.2, 0.25) is 0 Å². The van der Waals surface area contributed by atoms with E-state index in [2.05, 4.69) is 10.6 Å². The lowest BCUT2D eigenvalue weighted by atomic mass is 10.0. The highest BCUT2D eigenvalue weighted by molar-refractivity contribution is 5.83. The summed E-state index contributed by atoms with van der Waals surface area (Å²) in [7, 11) is 0. The van der Waals surface area contributed by atoms with Crippen LogP contribution in [0.3, 0.4) is 0 Å². The number of carbonyl (C=O) groups excluding carboxylic acids is 1. The van der Waals surface area contributed by atoms with Crippen LogP contribution >= 0.6 is 0 Å². The Balaban J connectivity index is 1.53. The lowest BCUT2D eigenvalue weighted by molar-refractivity contribution is 0.0793. The summed E-state index contributed by atoms with van der Waals surface area (Å²) in [4.78, 5) is 12.1. The van der Waals surface area contributed by atoms with Gasteiger partial charge >= 0.3 is 6.03 Å².